The van der Waals surface area contributed by atoms with Gasteiger partial charge in [-0.2, -0.15) is 0 Å². The monoisotopic (exact) mass is 826 g/mol. The number of aryl methyl sites for hydroxylation is 1. The van der Waals surface area contributed by atoms with E-state index in [0.717, 1.165) is 18.5 Å². The summed E-state index contributed by atoms with van der Waals surface area (Å²) in [4.78, 5) is 0. The first-order chi connectivity index (χ1) is 32.3. The van der Waals surface area contributed by atoms with Gasteiger partial charge in [-0.15, -0.1) is 0 Å². The lowest BCUT2D eigenvalue weighted by Gasteiger charge is -2.19. The van der Waals surface area contributed by atoms with Gasteiger partial charge in [0.05, 0.1) is 27.8 Å². The molecule has 2 heterocycles. The third-order valence-electron chi connectivity index (χ3n) is 14.5. The molecule has 0 saturated heterocycles. The molecule has 13 aromatic rings. The highest BCUT2D eigenvalue weighted by Gasteiger charge is 2.25. The first-order valence-corrected chi connectivity index (χ1v) is 22.9. The molecule has 2 heteroatoms. The van der Waals surface area contributed by atoms with Crippen molar-refractivity contribution in [2.45, 2.75) is 18.8 Å². The fourth-order valence-corrected chi connectivity index (χ4v) is 11.7. The van der Waals surface area contributed by atoms with Crippen molar-refractivity contribution in [3.05, 3.63) is 241 Å². The molecule has 2 aromatic heterocycles. The van der Waals surface area contributed by atoms with Crippen LogP contribution in [0.4, 0.5) is 0 Å². The molecular formula is C63H42N2. The second kappa shape index (κ2) is 14.2. The summed E-state index contributed by atoms with van der Waals surface area (Å²) >= 11 is 0. The van der Waals surface area contributed by atoms with E-state index in [1.54, 1.807) is 0 Å². The maximum Gasteiger partial charge on any atom is 0.0567 e. The summed E-state index contributed by atoms with van der Waals surface area (Å²) in [5.41, 5.74) is 16.5. The Morgan fingerprint density at radius 2 is 0.862 bits per heavy atom. The fourth-order valence-electron chi connectivity index (χ4n) is 11.7. The minimum Gasteiger partial charge on any atom is -0.309 e. The first-order valence-electron chi connectivity index (χ1n) is 22.9. The lowest BCUT2D eigenvalue weighted by Crippen LogP contribution is -2.01. The SMILES string of the molecule is c1ccc(C2CCc3ccc(-c4ccc5c(c4)c4ccccc4n5-c4cc(-n5c6ccccc6c6ccccc65)c5c6ccccc6c6ccccc6c5c4)cc3-c3ccccc32)cc1. The van der Waals surface area contributed by atoms with Crippen LogP contribution >= 0.6 is 0 Å². The Morgan fingerprint density at radius 1 is 0.338 bits per heavy atom. The smallest absolute Gasteiger partial charge is 0.0567 e. The van der Waals surface area contributed by atoms with Gasteiger partial charge in [-0.25, -0.2) is 0 Å². The minimum absolute atomic E-state index is 0.369. The standard InChI is InChI=1S/C63H42N2/c1-2-16-40(17-3-1)45-34-32-41-30-31-42(36-55(41)49-21-6-4-18-46(45)49)43-33-35-61-56(37-43)53-25-12-13-27-58(53)64(61)44-38-57-50-22-7-5-19-47(50)48-20-8-9-26-54(48)63(57)62(39-44)65-59-28-14-10-23-51(59)52-24-11-15-29-60(52)65/h1-31,33,35-39,45H,32,34H2. The third kappa shape index (κ3) is 5.41. The van der Waals surface area contributed by atoms with E-state index in [2.05, 4.69) is 234 Å². The van der Waals surface area contributed by atoms with Crippen molar-refractivity contribution in [3.63, 3.8) is 0 Å². The maximum absolute atomic E-state index is 2.52. The van der Waals surface area contributed by atoms with Crippen molar-refractivity contribution in [1.82, 2.24) is 9.13 Å². The van der Waals surface area contributed by atoms with Crippen molar-refractivity contribution in [1.29, 1.82) is 0 Å². The van der Waals surface area contributed by atoms with E-state index in [9.17, 15) is 0 Å². The van der Waals surface area contributed by atoms with E-state index in [4.69, 9.17) is 0 Å². The molecule has 0 radical (unpaired) electrons. The van der Waals surface area contributed by atoms with Crippen molar-refractivity contribution >= 4 is 75.9 Å². The Balaban J connectivity index is 1.01. The van der Waals surface area contributed by atoms with Gasteiger partial charge in [-0.1, -0.05) is 176 Å². The van der Waals surface area contributed by atoms with Gasteiger partial charge in [-0.05, 0) is 127 Å². The Morgan fingerprint density at radius 3 is 1.58 bits per heavy atom. The molecule has 11 aromatic carbocycles. The number of nitrogens with zero attached hydrogens (tertiary/aromatic N) is 2. The van der Waals surface area contributed by atoms with Gasteiger partial charge in [0.15, 0.2) is 0 Å². The molecule has 14 rings (SSSR count). The number of fused-ring (bicyclic) bond motifs is 15. The average Bonchev–Trinajstić information content (AvgIpc) is 3.83. The van der Waals surface area contributed by atoms with Crippen LogP contribution in [0.5, 0.6) is 0 Å². The normalized spacial score (nSPS) is 13.9. The predicted molar refractivity (Wildman–Crippen MR) is 275 cm³/mol. The Hall–Kier alpha value is -8.20. The van der Waals surface area contributed by atoms with Crippen molar-refractivity contribution in [2.24, 2.45) is 0 Å². The number of aromatic nitrogens is 2. The summed E-state index contributed by atoms with van der Waals surface area (Å²) in [6, 6.07) is 84.0. The van der Waals surface area contributed by atoms with Gasteiger partial charge in [-0.3, -0.25) is 0 Å². The third-order valence-corrected chi connectivity index (χ3v) is 14.5. The van der Waals surface area contributed by atoms with Gasteiger partial charge in [0.2, 0.25) is 0 Å². The van der Waals surface area contributed by atoms with Gasteiger partial charge >= 0.3 is 0 Å². The molecule has 1 unspecified atom stereocenters. The summed E-state index contributed by atoms with van der Waals surface area (Å²) in [6.07, 6.45) is 2.14. The largest absolute Gasteiger partial charge is 0.309 e. The van der Waals surface area contributed by atoms with E-state index < -0.39 is 0 Å². The second-order valence-electron chi connectivity index (χ2n) is 17.9. The van der Waals surface area contributed by atoms with E-state index in [0.29, 0.717) is 5.92 Å². The molecule has 0 fully saturated rings. The first kappa shape index (κ1) is 36.3. The number of para-hydroxylation sites is 3. The highest BCUT2D eigenvalue weighted by Crippen LogP contribution is 2.46. The minimum atomic E-state index is 0.369. The summed E-state index contributed by atoms with van der Waals surface area (Å²) < 4.78 is 5.02. The van der Waals surface area contributed by atoms with E-state index >= 15 is 0 Å². The van der Waals surface area contributed by atoms with Crippen LogP contribution in [0.2, 0.25) is 0 Å². The van der Waals surface area contributed by atoms with Gasteiger partial charge in [0.1, 0.15) is 0 Å². The molecule has 0 spiro atoms. The van der Waals surface area contributed by atoms with Gasteiger partial charge in [0.25, 0.3) is 0 Å². The zero-order chi connectivity index (χ0) is 42.6. The number of hydrogen-bond donors (Lipinski definition) is 0. The molecule has 65 heavy (non-hydrogen) atoms. The zero-order valence-electron chi connectivity index (χ0n) is 35.7. The highest BCUT2D eigenvalue weighted by atomic mass is 15.0. The summed E-state index contributed by atoms with van der Waals surface area (Å²) in [6.45, 7) is 0. The van der Waals surface area contributed by atoms with E-state index in [-0.39, 0.29) is 0 Å². The van der Waals surface area contributed by atoms with Crippen molar-refractivity contribution < 1.29 is 0 Å². The molecule has 2 nitrogen and oxygen atoms in total. The van der Waals surface area contributed by atoms with E-state index in [1.807, 2.05) is 0 Å². The average molecular weight is 827 g/mol. The molecule has 0 bridgehead atoms. The molecule has 0 amide bonds. The zero-order valence-corrected chi connectivity index (χ0v) is 35.7. The van der Waals surface area contributed by atoms with Crippen LogP contribution in [0.1, 0.15) is 29.0 Å². The van der Waals surface area contributed by atoms with Gasteiger partial charge < -0.3 is 9.13 Å². The molecule has 1 aliphatic carbocycles. The number of hydrogen-bond acceptors (Lipinski definition) is 0. The molecule has 1 atom stereocenters. The quantitative estimate of drug-likeness (QED) is 0.156. The van der Waals surface area contributed by atoms with Crippen LogP contribution in [0.25, 0.3) is 110 Å². The molecular weight excluding hydrogens is 785 g/mol. The molecule has 0 saturated carbocycles. The fraction of sp³-hybridized carbons (Fsp3) is 0.0476. The van der Waals surface area contributed by atoms with E-state index in [1.165, 1.54) is 121 Å². The summed E-state index contributed by atoms with van der Waals surface area (Å²) in [5.74, 6) is 0.369. The Kier molecular flexibility index (Phi) is 7.91. The molecule has 1 aliphatic rings. The predicted octanol–water partition coefficient (Wildman–Crippen LogP) is 16.8. The topological polar surface area (TPSA) is 9.86 Å². The number of benzene rings is 11. The highest BCUT2D eigenvalue weighted by molar-refractivity contribution is 6.28. The second-order valence-corrected chi connectivity index (χ2v) is 17.9. The Labute approximate surface area is 376 Å². The maximum atomic E-state index is 2.52. The van der Waals surface area contributed by atoms with Gasteiger partial charge in [0, 0.05) is 38.5 Å². The lowest BCUT2D eigenvalue weighted by atomic mass is 9.86. The summed E-state index contributed by atoms with van der Waals surface area (Å²) in [5, 5.41) is 12.6. The van der Waals surface area contributed by atoms with Crippen LogP contribution in [0.3, 0.4) is 0 Å². The summed E-state index contributed by atoms with van der Waals surface area (Å²) in [7, 11) is 0. The van der Waals surface area contributed by atoms with Crippen LogP contribution in [-0.2, 0) is 6.42 Å². The molecule has 304 valence electrons. The molecule has 0 aliphatic heterocycles. The Bertz CT molecular complexity index is 4020. The van der Waals surface area contributed by atoms with Crippen LogP contribution < -0.4 is 0 Å². The van der Waals surface area contributed by atoms with Crippen molar-refractivity contribution in [3.8, 4) is 33.6 Å². The lowest BCUT2D eigenvalue weighted by molar-refractivity contribution is 0.726. The van der Waals surface area contributed by atoms with Crippen LogP contribution in [-0.4, -0.2) is 9.13 Å². The van der Waals surface area contributed by atoms with Crippen molar-refractivity contribution in [2.75, 3.05) is 0 Å². The molecule has 0 N–H and O–H groups in total. The number of rotatable bonds is 4. The van der Waals surface area contributed by atoms with Crippen LogP contribution in [0.15, 0.2) is 224 Å². The van der Waals surface area contributed by atoms with Crippen LogP contribution in [0, 0.1) is 0 Å².